The van der Waals surface area contributed by atoms with Gasteiger partial charge in [0.1, 0.15) is 5.92 Å². The lowest BCUT2D eigenvalue weighted by molar-refractivity contribution is -0.127. The van der Waals surface area contributed by atoms with Crippen molar-refractivity contribution in [3.8, 4) is 0 Å². The zero-order chi connectivity index (χ0) is 17.9. The van der Waals surface area contributed by atoms with Crippen LogP contribution in [0.1, 0.15) is 41.5 Å². The van der Waals surface area contributed by atoms with Gasteiger partial charge in [-0.15, -0.1) is 0 Å². The summed E-state index contributed by atoms with van der Waals surface area (Å²) in [6.45, 7) is 9.32. The van der Waals surface area contributed by atoms with Gasteiger partial charge in [-0.2, -0.15) is 0 Å². The van der Waals surface area contributed by atoms with Crippen molar-refractivity contribution in [2.45, 2.75) is 52.2 Å². The highest BCUT2D eigenvalue weighted by atomic mass is 16.5. The van der Waals surface area contributed by atoms with Crippen LogP contribution in [0.5, 0.6) is 0 Å². The molecule has 3 aliphatic rings. The molecule has 6 atom stereocenters. The van der Waals surface area contributed by atoms with Gasteiger partial charge < -0.3 is 9.47 Å². The van der Waals surface area contributed by atoms with E-state index in [0.717, 1.165) is 28.7 Å². The molecular formula is C21H26O4. The number of Topliss-reactive ketones (excluding diaryl/α,β-unsaturated/α-hetero) is 2. The van der Waals surface area contributed by atoms with E-state index in [2.05, 4.69) is 12.1 Å². The molecule has 0 radical (unpaired) electrons. The first-order chi connectivity index (χ1) is 11.9. The van der Waals surface area contributed by atoms with Crippen molar-refractivity contribution in [2.24, 2.45) is 17.8 Å². The molecule has 1 aromatic carbocycles. The number of carbonyl (C=O) groups excluding carboxylic acids is 2. The molecule has 0 N–H and O–H groups in total. The van der Waals surface area contributed by atoms with Crippen molar-refractivity contribution in [1.29, 1.82) is 0 Å². The monoisotopic (exact) mass is 342 g/mol. The van der Waals surface area contributed by atoms with Crippen LogP contribution < -0.4 is 0 Å². The van der Waals surface area contributed by atoms with Crippen molar-refractivity contribution in [1.82, 2.24) is 0 Å². The number of aryl methyl sites for hydroxylation is 3. The summed E-state index contributed by atoms with van der Waals surface area (Å²) in [7, 11) is 0. The van der Waals surface area contributed by atoms with Crippen molar-refractivity contribution >= 4 is 11.6 Å². The predicted octanol–water partition coefficient (Wildman–Crippen LogP) is 2.90. The van der Waals surface area contributed by atoms with E-state index in [4.69, 9.17) is 9.47 Å². The number of carbonyl (C=O) groups is 2. The predicted molar refractivity (Wildman–Crippen MR) is 93.6 cm³/mol. The molecule has 2 heterocycles. The summed E-state index contributed by atoms with van der Waals surface area (Å²) in [6, 6.07) is 4.14. The standard InChI is InChI=1S/C21H26O4/c1-5-24-9-13-8-14-16-18(21(13)25-14)20(23)17(19(16)22)15-11(3)6-10(2)7-12(15)4/h6-7,13-14,16-18,21H,5,8-9H2,1-4H3/t13-,14-,16-,17?,18+,21+/m0/s1. The molecule has 1 aromatic rings. The summed E-state index contributed by atoms with van der Waals surface area (Å²) in [5.41, 5.74) is 4.18. The lowest BCUT2D eigenvalue weighted by atomic mass is 9.75. The second kappa shape index (κ2) is 6.03. The largest absolute Gasteiger partial charge is 0.381 e. The highest BCUT2D eigenvalue weighted by molar-refractivity contribution is 6.17. The van der Waals surface area contributed by atoms with Gasteiger partial charge in [0.05, 0.1) is 30.7 Å². The molecule has 1 aliphatic carbocycles. The van der Waals surface area contributed by atoms with E-state index in [1.807, 2.05) is 27.7 Å². The quantitative estimate of drug-likeness (QED) is 0.790. The molecule has 134 valence electrons. The third-order valence-electron chi connectivity index (χ3n) is 6.26. The molecular weight excluding hydrogens is 316 g/mol. The Labute approximate surface area is 148 Å². The fraction of sp³-hybridized carbons (Fsp3) is 0.619. The molecule has 3 fully saturated rings. The second-order valence-electron chi connectivity index (χ2n) is 7.90. The van der Waals surface area contributed by atoms with Crippen LogP contribution in [0.15, 0.2) is 12.1 Å². The van der Waals surface area contributed by atoms with Gasteiger partial charge in [-0.1, -0.05) is 17.7 Å². The van der Waals surface area contributed by atoms with Crippen LogP contribution in [0.4, 0.5) is 0 Å². The Hall–Kier alpha value is -1.52. The Bertz CT molecular complexity index is 714. The maximum Gasteiger partial charge on any atom is 0.154 e. The molecule has 0 spiro atoms. The summed E-state index contributed by atoms with van der Waals surface area (Å²) in [5, 5.41) is 0. The van der Waals surface area contributed by atoms with Gasteiger partial charge >= 0.3 is 0 Å². The highest BCUT2D eigenvalue weighted by Gasteiger charge is 2.65. The van der Waals surface area contributed by atoms with Crippen molar-refractivity contribution in [2.75, 3.05) is 13.2 Å². The summed E-state index contributed by atoms with van der Waals surface area (Å²) < 4.78 is 11.6. The Balaban J connectivity index is 1.67. The minimum Gasteiger partial charge on any atom is -0.381 e. The topological polar surface area (TPSA) is 52.6 Å². The first kappa shape index (κ1) is 16.9. The highest BCUT2D eigenvalue weighted by Crippen LogP contribution is 2.54. The Morgan fingerprint density at radius 1 is 1.08 bits per heavy atom. The second-order valence-corrected chi connectivity index (χ2v) is 7.90. The zero-order valence-electron chi connectivity index (χ0n) is 15.4. The van der Waals surface area contributed by atoms with Crippen LogP contribution in [0.3, 0.4) is 0 Å². The van der Waals surface area contributed by atoms with E-state index in [1.165, 1.54) is 0 Å². The smallest absolute Gasteiger partial charge is 0.154 e. The van der Waals surface area contributed by atoms with Crippen LogP contribution in [0.25, 0.3) is 0 Å². The molecule has 1 unspecified atom stereocenters. The summed E-state index contributed by atoms with van der Waals surface area (Å²) in [6.07, 6.45) is 0.589. The van der Waals surface area contributed by atoms with Gasteiger partial charge in [0.2, 0.25) is 0 Å². The van der Waals surface area contributed by atoms with E-state index in [-0.39, 0.29) is 41.5 Å². The first-order valence-corrected chi connectivity index (χ1v) is 9.32. The third-order valence-corrected chi connectivity index (χ3v) is 6.26. The summed E-state index contributed by atoms with van der Waals surface area (Å²) >= 11 is 0. The van der Waals surface area contributed by atoms with Crippen LogP contribution >= 0.6 is 0 Å². The number of ether oxygens (including phenoxy) is 2. The average molecular weight is 342 g/mol. The minimum atomic E-state index is -0.602. The summed E-state index contributed by atoms with van der Waals surface area (Å²) in [4.78, 5) is 26.4. The van der Waals surface area contributed by atoms with Gasteiger partial charge in [-0.3, -0.25) is 9.59 Å². The van der Waals surface area contributed by atoms with Crippen LogP contribution in [-0.2, 0) is 19.1 Å². The lowest BCUT2D eigenvalue weighted by Crippen LogP contribution is -2.37. The van der Waals surface area contributed by atoms with Gasteiger partial charge in [0.15, 0.2) is 11.6 Å². The van der Waals surface area contributed by atoms with Crippen LogP contribution in [0, 0.1) is 38.5 Å². The molecule has 2 saturated heterocycles. The molecule has 1 saturated carbocycles. The molecule has 2 aliphatic heterocycles. The Morgan fingerprint density at radius 3 is 2.36 bits per heavy atom. The summed E-state index contributed by atoms with van der Waals surface area (Å²) in [5.74, 6) is -0.745. The number of benzene rings is 1. The SMILES string of the molecule is CCOC[C@@H]1C[C@@H]2O[C@H]1[C@H]1C(=O)C(c3c(C)cc(C)cc3C)C(=O)[C@H]12. The molecule has 4 nitrogen and oxygen atoms in total. The fourth-order valence-corrected chi connectivity index (χ4v) is 5.43. The van der Waals surface area contributed by atoms with E-state index in [0.29, 0.717) is 13.2 Å². The number of rotatable bonds is 4. The van der Waals surface area contributed by atoms with Gasteiger partial charge in [0.25, 0.3) is 0 Å². The van der Waals surface area contributed by atoms with Gasteiger partial charge in [-0.05, 0) is 50.8 Å². The average Bonchev–Trinajstić information content (AvgIpc) is 3.18. The van der Waals surface area contributed by atoms with E-state index < -0.39 is 5.92 Å². The van der Waals surface area contributed by atoms with E-state index in [1.54, 1.807) is 0 Å². The molecule has 25 heavy (non-hydrogen) atoms. The van der Waals surface area contributed by atoms with E-state index in [9.17, 15) is 9.59 Å². The van der Waals surface area contributed by atoms with Crippen LogP contribution in [-0.4, -0.2) is 37.0 Å². The fourth-order valence-electron chi connectivity index (χ4n) is 5.43. The molecule has 0 aromatic heterocycles. The molecule has 2 bridgehead atoms. The Kier molecular flexibility index (Phi) is 4.08. The van der Waals surface area contributed by atoms with Gasteiger partial charge in [0, 0.05) is 12.5 Å². The maximum atomic E-state index is 13.3. The number of hydrogen-bond donors (Lipinski definition) is 0. The third kappa shape index (κ3) is 2.42. The zero-order valence-corrected chi connectivity index (χ0v) is 15.4. The number of ketones is 2. The molecule has 0 amide bonds. The molecule has 4 rings (SSSR count). The minimum absolute atomic E-state index is 0.0683. The lowest BCUT2D eigenvalue weighted by Gasteiger charge is -2.25. The van der Waals surface area contributed by atoms with Crippen LogP contribution in [0.2, 0.25) is 0 Å². The van der Waals surface area contributed by atoms with E-state index >= 15 is 0 Å². The van der Waals surface area contributed by atoms with Crippen molar-refractivity contribution in [3.05, 3.63) is 34.4 Å². The normalized spacial score (nSPS) is 36.3. The van der Waals surface area contributed by atoms with Crippen molar-refractivity contribution < 1.29 is 19.1 Å². The maximum absolute atomic E-state index is 13.3. The van der Waals surface area contributed by atoms with Crippen molar-refractivity contribution in [3.63, 3.8) is 0 Å². The first-order valence-electron chi connectivity index (χ1n) is 9.32. The number of hydrogen-bond acceptors (Lipinski definition) is 4. The van der Waals surface area contributed by atoms with Gasteiger partial charge in [-0.25, -0.2) is 0 Å². The number of fused-ring (bicyclic) bond motifs is 5. The molecule has 4 heteroatoms. The Morgan fingerprint density at radius 2 is 1.72 bits per heavy atom.